The zero-order chi connectivity index (χ0) is 23.0. The third-order valence-corrected chi connectivity index (χ3v) is 5.92. The number of phenols is 1. The summed E-state index contributed by atoms with van der Waals surface area (Å²) in [5.74, 6) is 0.0638. The van der Waals surface area contributed by atoms with Crippen LogP contribution in [0.4, 0.5) is 0 Å². The van der Waals surface area contributed by atoms with Crippen LogP contribution in [0.2, 0.25) is 0 Å². The van der Waals surface area contributed by atoms with Crippen molar-refractivity contribution in [1.29, 1.82) is 0 Å². The molecule has 7 nitrogen and oxygen atoms in total. The first-order valence-electron chi connectivity index (χ1n) is 10.3. The lowest BCUT2D eigenvalue weighted by Gasteiger charge is -2.10. The van der Waals surface area contributed by atoms with Crippen molar-refractivity contribution in [1.82, 2.24) is 20.1 Å². The number of thioether (sulfide) groups is 1. The van der Waals surface area contributed by atoms with Crippen LogP contribution in [0.15, 0.2) is 90.1 Å². The summed E-state index contributed by atoms with van der Waals surface area (Å²) in [6.45, 7) is 0.428. The Morgan fingerprint density at radius 2 is 1.55 bits per heavy atom. The van der Waals surface area contributed by atoms with E-state index in [1.165, 1.54) is 23.9 Å². The van der Waals surface area contributed by atoms with Crippen LogP contribution in [-0.2, 0) is 11.3 Å². The summed E-state index contributed by atoms with van der Waals surface area (Å²) in [5, 5.41) is 21.6. The van der Waals surface area contributed by atoms with Gasteiger partial charge in [0.2, 0.25) is 0 Å². The van der Waals surface area contributed by atoms with Gasteiger partial charge < -0.3 is 10.4 Å². The van der Waals surface area contributed by atoms with Crippen molar-refractivity contribution >= 4 is 23.5 Å². The van der Waals surface area contributed by atoms with E-state index in [0.717, 1.165) is 17.0 Å². The maximum atomic E-state index is 12.4. The lowest BCUT2D eigenvalue weighted by atomic mass is 10.2. The molecule has 0 unspecified atom stereocenters. The zero-order valence-corrected chi connectivity index (χ0v) is 18.5. The fourth-order valence-electron chi connectivity index (χ4n) is 3.24. The third kappa shape index (κ3) is 5.67. The zero-order valence-electron chi connectivity index (χ0n) is 17.7. The minimum Gasteiger partial charge on any atom is -0.507 e. The molecule has 0 aliphatic carbocycles. The van der Waals surface area contributed by atoms with Gasteiger partial charge in [0.25, 0.3) is 5.91 Å². The highest BCUT2D eigenvalue weighted by Crippen LogP contribution is 2.25. The number of ketones is 1. The number of Topliss-reactive ketones (excluding diaryl/α,β-unsaturated/α-hetero) is 1. The number of aromatic hydroxyl groups is 1. The van der Waals surface area contributed by atoms with E-state index >= 15 is 0 Å². The van der Waals surface area contributed by atoms with Gasteiger partial charge in [-0.2, -0.15) is 0 Å². The molecule has 0 saturated heterocycles. The van der Waals surface area contributed by atoms with Gasteiger partial charge in [-0.05, 0) is 17.7 Å². The van der Waals surface area contributed by atoms with Crippen molar-refractivity contribution in [2.45, 2.75) is 11.7 Å². The Labute approximate surface area is 195 Å². The molecule has 8 heteroatoms. The van der Waals surface area contributed by atoms with Crippen LogP contribution < -0.4 is 5.32 Å². The van der Waals surface area contributed by atoms with Gasteiger partial charge in [-0.25, -0.2) is 0 Å². The molecule has 1 aromatic heterocycles. The van der Waals surface area contributed by atoms with E-state index < -0.39 is 5.91 Å². The number of phenolic OH excluding ortho intramolecular Hbond substituents is 1. The van der Waals surface area contributed by atoms with Crippen LogP contribution >= 0.6 is 11.8 Å². The second-order valence-corrected chi connectivity index (χ2v) is 8.21. The van der Waals surface area contributed by atoms with Crippen LogP contribution in [0.25, 0.3) is 11.4 Å². The number of carbonyl (C=O) groups is 2. The van der Waals surface area contributed by atoms with Gasteiger partial charge in [0, 0.05) is 5.56 Å². The summed E-state index contributed by atoms with van der Waals surface area (Å²) < 4.78 is 1.99. The summed E-state index contributed by atoms with van der Waals surface area (Å²) in [6, 6.07) is 26.0. The summed E-state index contributed by atoms with van der Waals surface area (Å²) in [5.41, 5.74) is 2.17. The minimum atomic E-state index is -0.495. The quantitative estimate of drug-likeness (QED) is 0.371. The topological polar surface area (TPSA) is 97.1 Å². The summed E-state index contributed by atoms with van der Waals surface area (Å²) in [6.07, 6.45) is 0. The van der Waals surface area contributed by atoms with E-state index in [4.69, 9.17) is 0 Å². The van der Waals surface area contributed by atoms with Crippen molar-refractivity contribution in [3.05, 3.63) is 96.1 Å². The van der Waals surface area contributed by atoms with Crippen molar-refractivity contribution in [3.8, 4) is 17.1 Å². The number of hydrogen-bond donors (Lipinski definition) is 2. The number of amides is 1. The Kier molecular flexibility index (Phi) is 7.16. The average Bonchev–Trinajstić information content (AvgIpc) is 3.25. The molecular weight excluding hydrogens is 436 g/mol. The number of nitrogens with zero attached hydrogens (tertiary/aromatic N) is 3. The first-order valence-corrected chi connectivity index (χ1v) is 11.3. The predicted octanol–water partition coefficient (Wildman–Crippen LogP) is 3.79. The van der Waals surface area contributed by atoms with Gasteiger partial charge in [0.1, 0.15) is 5.75 Å². The van der Waals surface area contributed by atoms with Crippen molar-refractivity contribution in [3.63, 3.8) is 0 Å². The summed E-state index contributed by atoms with van der Waals surface area (Å²) in [7, 11) is 0. The fraction of sp³-hybridized carbons (Fsp3) is 0.120. The van der Waals surface area contributed by atoms with Crippen LogP contribution in [0, 0.1) is 0 Å². The second-order valence-electron chi connectivity index (χ2n) is 7.27. The van der Waals surface area contributed by atoms with E-state index in [0.29, 0.717) is 11.7 Å². The molecule has 0 radical (unpaired) electrons. The summed E-state index contributed by atoms with van der Waals surface area (Å²) in [4.78, 5) is 24.6. The highest BCUT2D eigenvalue weighted by atomic mass is 32.2. The molecule has 4 rings (SSSR count). The molecule has 0 fully saturated rings. The maximum Gasteiger partial charge on any atom is 0.255 e. The standard InChI is InChI=1S/C25H22N4O3S/c30-20(15-26-24(32)21-13-7-8-14-22(21)31)17-33-25-28-27-23(19-11-5-2-6-12-19)29(25)16-18-9-3-1-4-10-18/h1-14,31H,15-17H2,(H,26,32). The highest BCUT2D eigenvalue weighted by Gasteiger charge is 2.17. The third-order valence-electron chi connectivity index (χ3n) is 4.89. The van der Waals surface area contributed by atoms with Crippen LogP contribution in [-0.4, -0.2) is 43.9 Å². The van der Waals surface area contributed by atoms with Gasteiger partial charge >= 0.3 is 0 Å². The van der Waals surface area contributed by atoms with Crippen LogP contribution in [0.5, 0.6) is 5.75 Å². The molecule has 0 bridgehead atoms. The monoisotopic (exact) mass is 458 g/mol. The molecule has 2 N–H and O–H groups in total. The first-order chi connectivity index (χ1) is 16.1. The molecule has 0 aliphatic rings. The number of hydrogen-bond acceptors (Lipinski definition) is 6. The van der Waals surface area contributed by atoms with Crippen molar-refractivity contribution in [2.75, 3.05) is 12.3 Å². The van der Waals surface area contributed by atoms with E-state index in [2.05, 4.69) is 15.5 Å². The second kappa shape index (κ2) is 10.6. The van der Waals surface area contributed by atoms with E-state index in [-0.39, 0.29) is 29.4 Å². The molecule has 166 valence electrons. The van der Waals surface area contributed by atoms with E-state index in [1.807, 2.05) is 65.2 Å². The van der Waals surface area contributed by atoms with E-state index in [1.54, 1.807) is 12.1 Å². The molecule has 0 saturated carbocycles. The lowest BCUT2D eigenvalue weighted by molar-refractivity contribution is -0.115. The molecule has 1 heterocycles. The van der Waals surface area contributed by atoms with Gasteiger partial charge in [0.15, 0.2) is 16.8 Å². The number of para-hydroxylation sites is 1. The minimum absolute atomic E-state index is 0.126. The SMILES string of the molecule is O=C(CNC(=O)c1ccccc1O)CSc1nnc(-c2ccccc2)n1Cc1ccccc1. The summed E-state index contributed by atoms with van der Waals surface area (Å²) >= 11 is 1.28. The lowest BCUT2D eigenvalue weighted by Crippen LogP contribution is -2.30. The molecule has 33 heavy (non-hydrogen) atoms. The average molecular weight is 459 g/mol. The molecule has 0 aliphatic heterocycles. The van der Waals surface area contributed by atoms with Crippen molar-refractivity contribution in [2.24, 2.45) is 0 Å². The van der Waals surface area contributed by atoms with Gasteiger partial charge in [-0.15, -0.1) is 10.2 Å². The molecule has 1 amide bonds. The van der Waals surface area contributed by atoms with Gasteiger partial charge in [0.05, 0.1) is 24.4 Å². The van der Waals surface area contributed by atoms with Gasteiger partial charge in [-0.3, -0.25) is 14.2 Å². The fourth-order valence-corrected chi connectivity index (χ4v) is 4.04. The Morgan fingerprint density at radius 3 is 2.27 bits per heavy atom. The van der Waals surface area contributed by atoms with Crippen molar-refractivity contribution < 1.29 is 14.7 Å². The molecule has 0 spiro atoms. The maximum absolute atomic E-state index is 12.4. The Morgan fingerprint density at radius 1 is 0.879 bits per heavy atom. The normalized spacial score (nSPS) is 10.7. The molecular formula is C25H22N4O3S. The smallest absolute Gasteiger partial charge is 0.255 e. The van der Waals surface area contributed by atoms with Crippen LogP contribution in [0.3, 0.4) is 0 Å². The number of carbonyl (C=O) groups excluding carboxylic acids is 2. The van der Waals surface area contributed by atoms with Crippen LogP contribution in [0.1, 0.15) is 15.9 Å². The molecule has 4 aromatic rings. The highest BCUT2D eigenvalue weighted by molar-refractivity contribution is 7.99. The largest absolute Gasteiger partial charge is 0.507 e. The van der Waals surface area contributed by atoms with Gasteiger partial charge in [-0.1, -0.05) is 84.6 Å². The number of rotatable bonds is 9. The number of benzene rings is 3. The Bertz CT molecular complexity index is 1240. The van der Waals surface area contributed by atoms with E-state index in [9.17, 15) is 14.7 Å². The molecule has 3 aromatic carbocycles. The number of aromatic nitrogens is 3. The predicted molar refractivity (Wildman–Crippen MR) is 127 cm³/mol. The Hall–Kier alpha value is -3.91. The molecule has 0 atom stereocenters. The Balaban J connectivity index is 1.44. The first kappa shape index (κ1) is 22.3. The number of nitrogens with one attached hydrogen (secondary N) is 1.